The average molecular weight is 224 g/mol. The molecular weight excluding hydrogens is 208 g/mol. The second-order valence-corrected chi connectivity index (χ2v) is 5.01. The molecule has 0 aliphatic carbocycles. The Morgan fingerprint density at radius 3 is 3.20 bits per heavy atom. The third-order valence-electron chi connectivity index (χ3n) is 2.76. The fourth-order valence-corrected chi connectivity index (χ4v) is 2.89. The summed E-state index contributed by atoms with van der Waals surface area (Å²) in [5.41, 5.74) is 1.41. The topological polar surface area (TPSA) is 32.3 Å². The van der Waals surface area contributed by atoms with Crippen molar-refractivity contribution in [1.29, 1.82) is 0 Å². The largest absolute Gasteiger partial charge is 0.349 e. The summed E-state index contributed by atoms with van der Waals surface area (Å²) in [6.07, 6.45) is 1.66. The Balaban J connectivity index is 2.10. The number of thiophene rings is 1. The van der Waals surface area contributed by atoms with Crippen LogP contribution in [0.4, 0.5) is 0 Å². The van der Waals surface area contributed by atoms with Crippen molar-refractivity contribution in [2.24, 2.45) is 0 Å². The fourth-order valence-electron chi connectivity index (χ4n) is 1.86. The van der Waals surface area contributed by atoms with E-state index in [-0.39, 0.29) is 11.9 Å². The van der Waals surface area contributed by atoms with Crippen LogP contribution in [0.3, 0.4) is 0 Å². The van der Waals surface area contributed by atoms with Crippen LogP contribution in [0.15, 0.2) is 11.4 Å². The highest BCUT2D eigenvalue weighted by Gasteiger charge is 2.23. The molecule has 2 heterocycles. The minimum Gasteiger partial charge on any atom is -0.349 e. The average Bonchev–Trinajstić information content (AvgIpc) is 2.66. The monoisotopic (exact) mass is 224 g/mol. The van der Waals surface area contributed by atoms with Crippen molar-refractivity contribution in [3.63, 3.8) is 0 Å². The van der Waals surface area contributed by atoms with E-state index in [9.17, 15) is 4.79 Å². The summed E-state index contributed by atoms with van der Waals surface area (Å²) in [5, 5.41) is 5.53. The lowest BCUT2D eigenvalue weighted by molar-refractivity contribution is -0.129. The van der Waals surface area contributed by atoms with Gasteiger partial charge in [0, 0.05) is 25.4 Å². The fraction of sp³-hybridized carbons (Fsp3) is 0.545. The first-order valence-electron chi connectivity index (χ1n) is 5.18. The third-order valence-corrected chi connectivity index (χ3v) is 3.83. The van der Waals surface area contributed by atoms with Gasteiger partial charge in [-0.25, -0.2) is 0 Å². The van der Waals surface area contributed by atoms with E-state index < -0.39 is 0 Å². The van der Waals surface area contributed by atoms with Gasteiger partial charge in [0.05, 0.1) is 6.04 Å². The minimum absolute atomic E-state index is 0.189. The van der Waals surface area contributed by atoms with Gasteiger partial charge in [0.25, 0.3) is 0 Å². The molecule has 3 nitrogen and oxygen atoms in total. The van der Waals surface area contributed by atoms with E-state index in [2.05, 4.69) is 16.8 Å². The minimum atomic E-state index is 0.189. The van der Waals surface area contributed by atoms with Gasteiger partial charge in [0.2, 0.25) is 5.91 Å². The summed E-state index contributed by atoms with van der Waals surface area (Å²) in [6, 6.07) is 2.40. The molecule has 1 amide bonds. The van der Waals surface area contributed by atoms with E-state index in [1.54, 1.807) is 30.3 Å². The van der Waals surface area contributed by atoms with Gasteiger partial charge in [-0.1, -0.05) is 0 Å². The van der Waals surface area contributed by atoms with Crippen LogP contribution in [-0.4, -0.2) is 31.4 Å². The number of carbonyl (C=O) groups excluding carboxylic acids is 1. The maximum absolute atomic E-state index is 11.6. The number of amides is 1. The number of fused-ring (bicyclic) bond motifs is 1. The number of carbonyl (C=O) groups is 1. The molecule has 82 valence electrons. The van der Waals surface area contributed by atoms with Gasteiger partial charge in [-0.15, -0.1) is 11.3 Å². The second-order valence-electron chi connectivity index (χ2n) is 4.06. The molecule has 1 aliphatic rings. The molecule has 15 heavy (non-hydrogen) atoms. The zero-order valence-corrected chi connectivity index (χ0v) is 9.93. The van der Waals surface area contributed by atoms with Crippen LogP contribution >= 0.6 is 11.3 Å². The Hall–Kier alpha value is -0.870. The lowest BCUT2D eigenvalue weighted by Crippen LogP contribution is -2.33. The number of hydrogen-bond acceptors (Lipinski definition) is 3. The number of nitrogens with one attached hydrogen (secondary N) is 1. The Kier molecular flexibility index (Phi) is 3.07. The van der Waals surface area contributed by atoms with E-state index in [4.69, 9.17) is 0 Å². The van der Waals surface area contributed by atoms with Crippen molar-refractivity contribution < 1.29 is 4.79 Å². The molecule has 2 rings (SSSR count). The van der Waals surface area contributed by atoms with Crippen LogP contribution in [0.1, 0.15) is 22.9 Å². The molecule has 1 atom stereocenters. The Morgan fingerprint density at radius 2 is 2.47 bits per heavy atom. The SMILES string of the molecule is CN(C)C(=O)CC1NCCc2ccsc21. The molecule has 0 saturated carbocycles. The van der Waals surface area contributed by atoms with E-state index in [0.717, 1.165) is 13.0 Å². The summed E-state index contributed by atoms with van der Waals surface area (Å²) < 4.78 is 0. The highest BCUT2D eigenvalue weighted by atomic mass is 32.1. The van der Waals surface area contributed by atoms with Crippen molar-refractivity contribution >= 4 is 17.2 Å². The maximum atomic E-state index is 11.6. The lowest BCUT2D eigenvalue weighted by atomic mass is 10.0. The van der Waals surface area contributed by atoms with E-state index in [1.165, 1.54) is 10.4 Å². The first-order valence-corrected chi connectivity index (χ1v) is 6.06. The molecular formula is C11H16N2OS. The van der Waals surface area contributed by atoms with E-state index in [0.29, 0.717) is 6.42 Å². The smallest absolute Gasteiger partial charge is 0.223 e. The highest BCUT2D eigenvalue weighted by molar-refractivity contribution is 7.10. The second kappa shape index (κ2) is 4.33. The Labute approximate surface area is 94.1 Å². The maximum Gasteiger partial charge on any atom is 0.223 e. The quantitative estimate of drug-likeness (QED) is 0.824. The molecule has 1 aliphatic heterocycles. The van der Waals surface area contributed by atoms with Crippen LogP contribution in [0.5, 0.6) is 0 Å². The van der Waals surface area contributed by atoms with Gasteiger partial charge in [-0.05, 0) is 30.0 Å². The molecule has 1 unspecified atom stereocenters. The van der Waals surface area contributed by atoms with Gasteiger partial charge in [-0.3, -0.25) is 4.79 Å². The summed E-state index contributed by atoms with van der Waals surface area (Å²) in [4.78, 5) is 14.6. The molecule has 1 aromatic rings. The van der Waals surface area contributed by atoms with E-state index in [1.807, 2.05) is 0 Å². The van der Waals surface area contributed by atoms with Crippen LogP contribution in [0.2, 0.25) is 0 Å². The van der Waals surface area contributed by atoms with Gasteiger partial charge in [0.1, 0.15) is 0 Å². The van der Waals surface area contributed by atoms with Crippen LogP contribution in [0, 0.1) is 0 Å². The predicted molar refractivity (Wildman–Crippen MR) is 62.1 cm³/mol. The number of nitrogens with zero attached hydrogens (tertiary/aromatic N) is 1. The normalized spacial score (nSPS) is 19.7. The summed E-state index contributed by atoms with van der Waals surface area (Å²) >= 11 is 1.75. The number of rotatable bonds is 2. The Morgan fingerprint density at radius 1 is 1.67 bits per heavy atom. The summed E-state index contributed by atoms with van der Waals surface area (Å²) in [6.45, 7) is 0.981. The number of hydrogen-bond donors (Lipinski definition) is 1. The zero-order chi connectivity index (χ0) is 10.8. The molecule has 0 saturated heterocycles. The molecule has 0 fully saturated rings. The van der Waals surface area contributed by atoms with Gasteiger partial charge < -0.3 is 10.2 Å². The first-order chi connectivity index (χ1) is 7.18. The molecule has 0 aromatic carbocycles. The third kappa shape index (κ3) is 2.21. The van der Waals surface area contributed by atoms with Crippen LogP contribution in [-0.2, 0) is 11.2 Å². The van der Waals surface area contributed by atoms with Gasteiger partial charge in [-0.2, -0.15) is 0 Å². The molecule has 1 aromatic heterocycles. The van der Waals surface area contributed by atoms with E-state index >= 15 is 0 Å². The molecule has 0 spiro atoms. The molecule has 0 bridgehead atoms. The van der Waals surface area contributed by atoms with Crippen molar-refractivity contribution in [3.05, 3.63) is 21.9 Å². The zero-order valence-electron chi connectivity index (χ0n) is 9.12. The van der Waals surface area contributed by atoms with Crippen LogP contribution in [0.25, 0.3) is 0 Å². The molecule has 4 heteroatoms. The molecule has 0 radical (unpaired) electrons. The molecule has 1 N–H and O–H groups in total. The first kappa shape index (κ1) is 10.6. The van der Waals surface area contributed by atoms with Crippen molar-refractivity contribution in [2.75, 3.05) is 20.6 Å². The van der Waals surface area contributed by atoms with Crippen molar-refractivity contribution in [1.82, 2.24) is 10.2 Å². The van der Waals surface area contributed by atoms with Crippen molar-refractivity contribution in [2.45, 2.75) is 18.9 Å². The predicted octanol–water partition coefficient (Wildman–Crippen LogP) is 1.41. The lowest BCUT2D eigenvalue weighted by Gasteiger charge is -2.24. The van der Waals surface area contributed by atoms with Gasteiger partial charge in [0.15, 0.2) is 0 Å². The highest BCUT2D eigenvalue weighted by Crippen LogP contribution is 2.30. The van der Waals surface area contributed by atoms with Crippen LogP contribution < -0.4 is 5.32 Å². The van der Waals surface area contributed by atoms with Gasteiger partial charge >= 0.3 is 0 Å². The summed E-state index contributed by atoms with van der Waals surface area (Å²) in [5.74, 6) is 0.189. The standard InChI is InChI=1S/C11H16N2OS/c1-13(2)10(14)7-9-11-8(3-5-12-9)4-6-15-11/h4,6,9,12H,3,5,7H2,1-2H3. The Bertz CT molecular complexity index is 359. The summed E-state index contributed by atoms with van der Waals surface area (Å²) in [7, 11) is 3.61. The van der Waals surface area contributed by atoms with Crippen molar-refractivity contribution in [3.8, 4) is 0 Å².